The Hall–Kier alpha value is -1.88. The Kier molecular flexibility index (Phi) is 7.64. The van der Waals surface area contributed by atoms with Crippen LogP contribution in [0, 0.1) is 6.92 Å². The van der Waals surface area contributed by atoms with Crippen LogP contribution in [-0.4, -0.2) is 53.3 Å². The van der Waals surface area contributed by atoms with Crippen molar-refractivity contribution < 1.29 is 9.59 Å². The Morgan fingerprint density at radius 2 is 2.08 bits per heavy atom. The smallest absolute Gasteiger partial charge is 0.237 e. The third-order valence-electron chi connectivity index (χ3n) is 5.14. The Balaban J connectivity index is 2.10. The quantitative estimate of drug-likeness (QED) is 0.776. The van der Waals surface area contributed by atoms with Crippen LogP contribution in [0.25, 0.3) is 0 Å². The molecule has 5 heteroatoms. The molecule has 144 valence electrons. The van der Waals surface area contributed by atoms with Crippen LogP contribution in [0.2, 0.25) is 0 Å². The summed E-state index contributed by atoms with van der Waals surface area (Å²) in [7, 11) is 0. The molecule has 1 N–H and O–H groups in total. The number of amides is 2. The number of hydrogen-bond donors (Lipinski definition) is 1. The second-order valence-electron chi connectivity index (χ2n) is 7.44. The molecule has 1 fully saturated rings. The lowest BCUT2D eigenvalue weighted by molar-refractivity contribution is -0.140. The summed E-state index contributed by atoms with van der Waals surface area (Å²) >= 11 is 0. The molecule has 2 amide bonds. The van der Waals surface area contributed by atoms with E-state index in [1.54, 1.807) is 0 Å². The summed E-state index contributed by atoms with van der Waals surface area (Å²) in [6.45, 7) is 11.2. The van der Waals surface area contributed by atoms with Gasteiger partial charge in [0.2, 0.25) is 11.8 Å². The van der Waals surface area contributed by atoms with Crippen LogP contribution < -0.4 is 5.32 Å². The highest BCUT2D eigenvalue weighted by Gasteiger charge is 2.33. The van der Waals surface area contributed by atoms with Crippen LogP contribution in [0.5, 0.6) is 0 Å². The Morgan fingerprint density at radius 3 is 2.73 bits per heavy atom. The SMILES string of the molecule is CCCCN(C(=O)CC1C(=O)NCCN1Cc1ccccc1C)C(C)C. The van der Waals surface area contributed by atoms with Gasteiger partial charge in [-0.3, -0.25) is 14.5 Å². The predicted octanol–water partition coefficient (Wildman–Crippen LogP) is 2.72. The molecule has 0 aliphatic carbocycles. The lowest BCUT2D eigenvalue weighted by atomic mass is 10.0. The molecule has 0 aromatic heterocycles. The number of unbranched alkanes of at least 4 members (excludes halogenated alkanes) is 1. The number of aryl methyl sites for hydroxylation is 1. The summed E-state index contributed by atoms with van der Waals surface area (Å²) in [5.41, 5.74) is 2.43. The second kappa shape index (κ2) is 9.72. The van der Waals surface area contributed by atoms with Gasteiger partial charge in [-0.1, -0.05) is 37.6 Å². The van der Waals surface area contributed by atoms with E-state index in [1.807, 2.05) is 30.9 Å². The van der Waals surface area contributed by atoms with E-state index in [0.29, 0.717) is 13.1 Å². The molecular weight excluding hydrogens is 326 g/mol. The van der Waals surface area contributed by atoms with Gasteiger partial charge in [0.05, 0.1) is 12.5 Å². The first-order chi connectivity index (χ1) is 12.4. The Bertz CT molecular complexity index is 615. The van der Waals surface area contributed by atoms with Crippen molar-refractivity contribution >= 4 is 11.8 Å². The van der Waals surface area contributed by atoms with E-state index in [4.69, 9.17) is 0 Å². The third-order valence-corrected chi connectivity index (χ3v) is 5.14. The fourth-order valence-corrected chi connectivity index (χ4v) is 3.46. The summed E-state index contributed by atoms with van der Waals surface area (Å²) in [6.07, 6.45) is 2.30. The first kappa shape index (κ1) is 20.4. The number of piperazine rings is 1. The number of benzene rings is 1. The molecular formula is C21H33N3O2. The van der Waals surface area contributed by atoms with E-state index in [9.17, 15) is 9.59 Å². The monoisotopic (exact) mass is 359 g/mol. The fraction of sp³-hybridized carbons (Fsp3) is 0.619. The van der Waals surface area contributed by atoms with Crippen molar-refractivity contribution in [1.82, 2.24) is 15.1 Å². The lowest BCUT2D eigenvalue weighted by Crippen LogP contribution is -2.56. The van der Waals surface area contributed by atoms with Crippen LogP contribution in [0.3, 0.4) is 0 Å². The predicted molar refractivity (Wildman–Crippen MR) is 105 cm³/mol. The summed E-state index contributed by atoms with van der Waals surface area (Å²) in [6, 6.07) is 8.01. The van der Waals surface area contributed by atoms with Crippen molar-refractivity contribution in [2.75, 3.05) is 19.6 Å². The fourth-order valence-electron chi connectivity index (χ4n) is 3.46. The number of hydrogen-bond acceptors (Lipinski definition) is 3. The minimum absolute atomic E-state index is 0.0302. The molecule has 1 aromatic carbocycles. The van der Waals surface area contributed by atoms with E-state index < -0.39 is 6.04 Å². The molecule has 1 saturated heterocycles. The third kappa shape index (κ3) is 5.31. The molecule has 1 unspecified atom stereocenters. The van der Waals surface area contributed by atoms with Gasteiger partial charge in [0.25, 0.3) is 0 Å². The molecule has 1 aliphatic heterocycles. The average Bonchev–Trinajstić information content (AvgIpc) is 2.60. The van der Waals surface area contributed by atoms with Crippen LogP contribution in [-0.2, 0) is 16.1 Å². The van der Waals surface area contributed by atoms with E-state index in [2.05, 4.69) is 36.2 Å². The van der Waals surface area contributed by atoms with Crippen LogP contribution in [0.4, 0.5) is 0 Å². The molecule has 1 heterocycles. The van der Waals surface area contributed by atoms with Crippen LogP contribution in [0.15, 0.2) is 24.3 Å². The summed E-state index contributed by atoms with van der Waals surface area (Å²) in [4.78, 5) is 29.5. The van der Waals surface area contributed by atoms with Gasteiger partial charge in [-0.2, -0.15) is 0 Å². The molecule has 0 bridgehead atoms. The number of carbonyl (C=O) groups is 2. The Labute approximate surface area is 157 Å². The summed E-state index contributed by atoms with van der Waals surface area (Å²) in [5, 5.41) is 2.93. The van der Waals surface area contributed by atoms with Crippen molar-refractivity contribution in [3.8, 4) is 0 Å². The minimum Gasteiger partial charge on any atom is -0.353 e. The highest BCUT2D eigenvalue weighted by Crippen LogP contribution is 2.18. The number of nitrogens with zero attached hydrogens (tertiary/aromatic N) is 2. The summed E-state index contributed by atoms with van der Waals surface area (Å²) < 4.78 is 0. The lowest BCUT2D eigenvalue weighted by Gasteiger charge is -2.36. The molecule has 0 spiro atoms. The largest absolute Gasteiger partial charge is 0.353 e. The second-order valence-corrected chi connectivity index (χ2v) is 7.44. The molecule has 5 nitrogen and oxygen atoms in total. The average molecular weight is 360 g/mol. The van der Waals surface area contributed by atoms with E-state index >= 15 is 0 Å². The molecule has 2 rings (SSSR count). The molecule has 1 aromatic rings. The van der Waals surface area contributed by atoms with E-state index in [1.165, 1.54) is 11.1 Å². The van der Waals surface area contributed by atoms with Gasteiger partial charge >= 0.3 is 0 Å². The van der Waals surface area contributed by atoms with Gasteiger partial charge in [0.15, 0.2) is 0 Å². The zero-order valence-corrected chi connectivity index (χ0v) is 16.6. The number of rotatable bonds is 8. The topological polar surface area (TPSA) is 52.7 Å². The molecule has 1 aliphatic rings. The molecule has 0 saturated carbocycles. The van der Waals surface area contributed by atoms with Crippen LogP contribution in [0.1, 0.15) is 51.2 Å². The first-order valence-corrected chi connectivity index (χ1v) is 9.79. The van der Waals surface area contributed by atoms with Crippen molar-refractivity contribution in [2.45, 2.75) is 65.6 Å². The number of carbonyl (C=O) groups excluding carboxylic acids is 2. The van der Waals surface area contributed by atoms with Gasteiger partial charge in [-0.15, -0.1) is 0 Å². The van der Waals surface area contributed by atoms with Crippen molar-refractivity contribution in [3.63, 3.8) is 0 Å². The Morgan fingerprint density at radius 1 is 1.35 bits per heavy atom. The molecule has 1 atom stereocenters. The molecule has 26 heavy (non-hydrogen) atoms. The highest BCUT2D eigenvalue weighted by molar-refractivity contribution is 5.89. The molecule has 0 radical (unpaired) electrons. The minimum atomic E-state index is -0.390. The normalized spacial score (nSPS) is 18.0. The maximum Gasteiger partial charge on any atom is 0.237 e. The zero-order chi connectivity index (χ0) is 19.1. The first-order valence-electron chi connectivity index (χ1n) is 9.79. The van der Waals surface area contributed by atoms with Gasteiger partial charge in [0.1, 0.15) is 0 Å². The standard InChI is InChI=1S/C21H33N3O2/c1-5-6-12-24(16(2)3)20(25)14-19-21(26)22-11-13-23(19)15-18-10-8-7-9-17(18)4/h7-10,16,19H,5-6,11-15H2,1-4H3,(H,22,26). The van der Waals surface area contributed by atoms with Crippen LogP contribution >= 0.6 is 0 Å². The van der Waals surface area contributed by atoms with Crippen molar-refractivity contribution in [3.05, 3.63) is 35.4 Å². The van der Waals surface area contributed by atoms with Crippen molar-refractivity contribution in [2.24, 2.45) is 0 Å². The van der Waals surface area contributed by atoms with E-state index in [0.717, 1.165) is 25.9 Å². The number of nitrogens with one attached hydrogen (secondary N) is 1. The van der Waals surface area contributed by atoms with Gasteiger partial charge < -0.3 is 10.2 Å². The van der Waals surface area contributed by atoms with E-state index in [-0.39, 0.29) is 24.3 Å². The van der Waals surface area contributed by atoms with Gasteiger partial charge in [0, 0.05) is 32.2 Å². The summed E-state index contributed by atoms with van der Waals surface area (Å²) in [5.74, 6) is 0.0441. The maximum absolute atomic E-state index is 12.9. The van der Waals surface area contributed by atoms with Crippen molar-refractivity contribution in [1.29, 1.82) is 0 Å². The zero-order valence-electron chi connectivity index (χ0n) is 16.6. The highest BCUT2D eigenvalue weighted by atomic mass is 16.2. The maximum atomic E-state index is 12.9. The van der Waals surface area contributed by atoms with Gasteiger partial charge in [-0.05, 0) is 38.3 Å². The van der Waals surface area contributed by atoms with Gasteiger partial charge in [-0.25, -0.2) is 0 Å².